The summed E-state index contributed by atoms with van der Waals surface area (Å²) in [6.45, 7) is -0.446. The number of halogens is 3. The van der Waals surface area contributed by atoms with Gasteiger partial charge in [-0.25, -0.2) is 0 Å². The lowest BCUT2D eigenvalue weighted by molar-refractivity contribution is -0.111. The van der Waals surface area contributed by atoms with E-state index in [2.05, 4.69) is 15.0 Å². The Morgan fingerprint density at radius 3 is 2.73 bits per heavy atom. The summed E-state index contributed by atoms with van der Waals surface area (Å²) in [7, 11) is 1.35. The molecule has 1 heterocycles. The Morgan fingerprint density at radius 1 is 1.27 bits per heavy atom. The second kappa shape index (κ2) is 10.3. The van der Waals surface area contributed by atoms with E-state index < -0.39 is 12.5 Å². The van der Waals surface area contributed by atoms with Crippen molar-refractivity contribution in [2.24, 2.45) is 0 Å². The molecule has 0 atom stereocenters. The van der Waals surface area contributed by atoms with Crippen molar-refractivity contribution in [3.05, 3.63) is 53.1 Å². The van der Waals surface area contributed by atoms with E-state index in [-0.39, 0.29) is 17.1 Å². The molecule has 0 saturated carbocycles. The number of para-hydroxylation sites is 1. The minimum Gasteiger partial charge on any atom is -0.493 e. The quantitative estimate of drug-likeness (QED) is 0.648. The number of carbonyl (C=O) groups excluding carboxylic acids is 1. The Balaban J connectivity index is 1.79. The van der Waals surface area contributed by atoms with Crippen molar-refractivity contribution >= 4 is 35.0 Å². The zero-order valence-electron chi connectivity index (χ0n) is 16.2. The molecule has 0 unspecified atom stereocenters. The minimum atomic E-state index is -3.02. The molecule has 1 saturated heterocycles. The van der Waals surface area contributed by atoms with Gasteiger partial charge < -0.3 is 24.4 Å². The van der Waals surface area contributed by atoms with Gasteiger partial charge in [-0.15, -0.1) is 0 Å². The lowest BCUT2D eigenvalue weighted by Crippen LogP contribution is -2.36. The molecule has 0 spiro atoms. The van der Waals surface area contributed by atoms with Crippen LogP contribution in [0.5, 0.6) is 11.5 Å². The first-order valence-corrected chi connectivity index (χ1v) is 9.59. The maximum Gasteiger partial charge on any atom is 0.387 e. The number of benzene rings is 2. The maximum atomic E-state index is 12.8. The Bertz CT molecular complexity index is 918. The number of ether oxygens (including phenoxy) is 3. The molecule has 6 nitrogen and oxygen atoms in total. The number of rotatable bonds is 7. The molecule has 160 valence electrons. The van der Waals surface area contributed by atoms with Crippen LogP contribution in [0.3, 0.4) is 0 Å². The van der Waals surface area contributed by atoms with Crippen LogP contribution in [0.2, 0.25) is 5.02 Å². The standard InChI is InChI=1S/C21H21ClF2N2O4/c1-28-18-4-2-3-14(20(18)30-21(23)24)5-8-19(27)25-16-13-15(22)6-7-17(16)26-9-11-29-12-10-26/h2-8,13,21H,9-12H2,1H3,(H,25,27)/b8-5+. The third-order valence-corrected chi connectivity index (χ3v) is 4.65. The van der Waals surface area contributed by atoms with E-state index in [1.54, 1.807) is 24.3 Å². The van der Waals surface area contributed by atoms with E-state index in [1.165, 1.54) is 25.3 Å². The van der Waals surface area contributed by atoms with E-state index in [0.29, 0.717) is 37.0 Å². The summed E-state index contributed by atoms with van der Waals surface area (Å²) >= 11 is 6.10. The van der Waals surface area contributed by atoms with Crippen molar-refractivity contribution in [1.29, 1.82) is 0 Å². The van der Waals surface area contributed by atoms with Gasteiger partial charge in [0, 0.05) is 29.8 Å². The number of hydrogen-bond donors (Lipinski definition) is 1. The first-order chi connectivity index (χ1) is 14.5. The zero-order chi connectivity index (χ0) is 21.5. The number of alkyl halides is 2. The number of morpholine rings is 1. The van der Waals surface area contributed by atoms with Crippen LogP contribution < -0.4 is 19.7 Å². The van der Waals surface area contributed by atoms with Crippen LogP contribution in [0.25, 0.3) is 6.08 Å². The van der Waals surface area contributed by atoms with Crippen LogP contribution >= 0.6 is 11.6 Å². The average Bonchev–Trinajstić information content (AvgIpc) is 2.73. The molecule has 0 radical (unpaired) electrons. The van der Waals surface area contributed by atoms with Crippen LogP contribution in [-0.4, -0.2) is 45.9 Å². The van der Waals surface area contributed by atoms with Gasteiger partial charge in [0.15, 0.2) is 11.5 Å². The molecule has 1 fully saturated rings. The van der Waals surface area contributed by atoms with Gasteiger partial charge in [0.1, 0.15) is 0 Å². The Labute approximate surface area is 178 Å². The largest absolute Gasteiger partial charge is 0.493 e. The van der Waals surface area contributed by atoms with Crippen LogP contribution in [0.4, 0.5) is 20.2 Å². The van der Waals surface area contributed by atoms with Gasteiger partial charge in [0.05, 0.1) is 31.7 Å². The predicted octanol–water partition coefficient (Wildman–Crippen LogP) is 4.44. The van der Waals surface area contributed by atoms with Gasteiger partial charge in [-0.05, 0) is 30.3 Å². The van der Waals surface area contributed by atoms with Crippen LogP contribution in [0.1, 0.15) is 5.56 Å². The average molecular weight is 439 g/mol. The summed E-state index contributed by atoms with van der Waals surface area (Å²) in [5, 5.41) is 3.27. The van der Waals surface area contributed by atoms with E-state index in [9.17, 15) is 13.6 Å². The summed E-state index contributed by atoms with van der Waals surface area (Å²) in [4.78, 5) is 14.6. The summed E-state index contributed by atoms with van der Waals surface area (Å²) in [5.41, 5.74) is 1.66. The summed E-state index contributed by atoms with van der Waals surface area (Å²) < 4.78 is 40.5. The molecule has 1 aliphatic heterocycles. The van der Waals surface area contributed by atoms with Crippen molar-refractivity contribution in [3.8, 4) is 11.5 Å². The van der Waals surface area contributed by atoms with Crippen LogP contribution in [0.15, 0.2) is 42.5 Å². The number of carbonyl (C=O) groups is 1. The summed E-state index contributed by atoms with van der Waals surface area (Å²) in [6, 6.07) is 9.90. The lowest BCUT2D eigenvalue weighted by atomic mass is 10.1. The van der Waals surface area contributed by atoms with Gasteiger partial charge in [0.25, 0.3) is 0 Å². The zero-order valence-corrected chi connectivity index (χ0v) is 17.0. The molecule has 1 N–H and O–H groups in total. The van der Waals surface area contributed by atoms with Crippen LogP contribution in [-0.2, 0) is 9.53 Å². The molecule has 2 aromatic carbocycles. The monoisotopic (exact) mass is 438 g/mol. The molecule has 1 amide bonds. The van der Waals surface area contributed by atoms with Gasteiger partial charge in [-0.2, -0.15) is 8.78 Å². The van der Waals surface area contributed by atoms with Gasteiger partial charge >= 0.3 is 6.61 Å². The molecule has 0 bridgehead atoms. The fraction of sp³-hybridized carbons (Fsp3) is 0.286. The number of nitrogens with zero attached hydrogens (tertiary/aromatic N) is 1. The highest BCUT2D eigenvalue weighted by molar-refractivity contribution is 6.31. The molecule has 1 aliphatic rings. The second-order valence-corrected chi connectivity index (χ2v) is 6.78. The fourth-order valence-electron chi connectivity index (χ4n) is 3.07. The number of nitrogens with one attached hydrogen (secondary N) is 1. The SMILES string of the molecule is COc1cccc(/C=C/C(=O)Nc2cc(Cl)ccc2N2CCOCC2)c1OC(F)F. The third kappa shape index (κ3) is 5.61. The Kier molecular flexibility index (Phi) is 7.48. The van der Waals surface area contributed by atoms with E-state index >= 15 is 0 Å². The number of anilines is 2. The normalized spacial score (nSPS) is 14.2. The first kappa shape index (κ1) is 21.9. The molecule has 30 heavy (non-hydrogen) atoms. The van der Waals surface area contributed by atoms with Crippen LogP contribution in [0, 0.1) is 0 Å². The Hall–Kier alpha value is -2.84. The Morgan fingerprint density at radius 2 is 2.03 bits per heavy atom. The lowest BCUT2D eigenvalue weighted by Gasteiger charge is -2.30. The van der Waals surface area contributed by atoms with E-state index in [0.717, 1.165) is 5.69 Å². The van der Waals surface area contributed by atoms with Gasteiger partial charge in [-0.1, -0.05) is 23.7 Å². The molecule has 0 aromatic heterocycles. The summed E-state index contributed by atoms with van der Waals surface area (Å²) in [5.74, 6) is -0.448. The van der Waals surface area contributed by atoms with E-state index in [4.69, 9.17) is 21.1 Å². The van der Waals surface area contributed by atoms with Crippen molar-refractivity contribution in [1.82, 2.24) is 0 Å². The molecular weight excluding hydrogens is 418 g/mol. The highest BCUT2D eigenvalue weighted by atomic mass is 35.5. The van der Waals surface area contributed by atoms with Gasteiger partial charge in [-0.3, -0.25) is 4.79 Å². The smallest absolute Gasteiger partial charge is 0.387 e. The predicted molar refractivity (Wildman–Crippen MR) is 112 cm³/mol. The highest BCUT2D eigenvalue weighted by Crippen LogP contribution is 2.33. The molecular formula is C21H21ClF2N2O4. The number of methoxy groups -OCH3 is 1. The van der Waals surface area contributed by atoms with Crippen molar-refractivity contribution in [3.63, 3.8) is 0 Å². The van der Waals surface area contributed by atoms with Crippen molar-refractivity contribution in [2.45, 2.75) is 6.61 Å². The topological polar surface area (TPSA) is 60.0 Å². The van der Waals surface area contributed by atoms with Crippen molar-refractivity contribution < 1.29 is 27.8 Å². The third-order valence-electron chi connectivity index (χ3n) is 4.42. The van der Waals surface area contributed by atoms with E-state index in [1.807, 2.05) is 6.07 Å². The number of hydrogen-bond acceptors (Lipinski definition) is 5. The van der Waals surface area contributed by atoms with Gasteiger partial charge in [0.2, 0.25) is 5.91 Å². The first-order valence-electron chi connectivity index (χ1n) is 9.21. The highest BCUT2D eigenvalue weighted by Gasteiger charge is 2.17. The molecule has 0 aliphatic carbocycles. The molecule has 2 aromatic rings. The maximum absolute atomic E-state index is 12.8. The summed E-state index contributed by atoms with van der Waals surface area (Å²) in [6.07, 6.45) is 2.62. The minimum absolute atomic E-state index is 0.141. The fourth-order valence-corrected chi connectivity index (χ4v) is 3.24. The number of amides is 1. The molecule has 9 heteroatoms. The van der Waals surface area contributed by atoms with Crippen molar-refractivity contribution in [2.75, 3.05) is 43.6 Å². The molecule has 3 rings (SSSR count). The second-order valence-electron chi connectivity index (χ2n) is 6.34.